The van der Waals surface area contributed by atoms with Crippen LogP contribution in [0, 0.1) is 17.5 Å². The molecule has 4 aromatic carbocycles. The molecule has 0 aliphatic rings. The Kier molecular flexibility index (Phi) is 13.6. The predicted molar refractivity (Wildman–Crippen MR) is 192 cm³/mol. The number of nitrogens with one attached hydrogen (secondary N) is 3. The number of hydrogen-bond acceptors (Lipinski definition) is 8. The number of ether oxygens (including phenoxy) is 2. The molecule has 0 fully saturated rings. The Morgan fingerprint density at radius 1 is 0.830 bits per heavy atom. The molecule has 16 heteroatoms. The molecule has 4 aromatic rings. The number of methoxy groups -OCH3 is 1. The first kappa shape index (κ1) is 40.3. The summed E-state index contributed by atoms with van der Waals surface area (Å²) in [4.78, 5) is 40.3. The van der Waals surface area contributed by atoms with E-state index in [0.717, 1.165) is 40.4 Å². The maximum absolute atomic E-state index is 13.9. The molecule has 0 spiro atoms. The van der Waals surface area contributed by atoms with Gasteiger partial charge in [-0.25, -0.2) is 21.6 Å². The second-order valence-corrected chi connectivity index (χ2v) is 14.1. The van der Waals surface area contributed by atoms with E-state index < -0.39 is 82.5 Å². The average Bonchev–Trinajstić information content (AvgIpc) is 3.11. The van der Waals surface area contributed by atoms with Crippen molar-refractivity contribution in [3.8, 4) is 5.75 Å². The molecule has 0 heterocycles. The Labute approximate surface area is 305 Å². The summed E-state index contributed by atoms with van der Waals surface area (Å²) in [6.07, 6.45) is -2.40. The second kappa shape index (κ2) is 17.9. The van der Waals surface area contributed by atoms with E-state index in [0.29, 0.717) is 6.07 Å². The van der Waals surface area contributed by atoms with Gasteiger partial charge in [0.15, 0.2) is 0 Å². The van der Waals surface area contributed by atoms with Gasteiger partial charge < -0.3 is 30.5 Å². The molecule has 0 aliphatic heterocycles. The Hall–Kier alpha value is -5.45. The third kappa shape index (κ3) is 11.5. The van der Waals surface area contributed by atoms with E-state index in [-0.39, 0.29) is 28.3 Å². The summed E-state index contributed by atoms with van der Waals surface area (Å²) in [6, 6.07) is 18.2. The quantitative estimate of drug-likeness (QED) is 0.129. The lowest BCUT2D eigenvalue weighted by atomic mass is 10.0. The van der Waals surface area contributed by atoms with Gasteiger partial charge in [-0.05, 0) is 55.0 Å². The summed E-state index contributed by atoms with van der Waals surface area (Å²) in [5, 5.41) is 19.3. The van der Waals surface area contributed by atoms with Crippen LogP contribution in [0.1, 0.15) is 45.7 Å². The molecule has 4 atom stereocenters. The molecular formula is C37H39F3N4O8S. The van der Waals surface area contributed by atoms with Crippen LogP contribution in [0.3, 0.4) is 0 Å². The summed E-state index contributed by atoms with van der Waals surface area (Å²) >= 11 is 0. The summed E-state index contributed by atoms with van der Waals surface area (Å²) < 4.78 is 77.8. The molecule has 4 N–H and O–H groups in total. The fourth-order valence-electron chi connectivity index (χ4n) is 5.10. The van der Waals surface area contributed by atoms with Gasteiger partial charge in [0.1, 0.15) is 35.9 Å². The van der Waals surface area contributed by atoms with Crippen molar-refractivity contribution >= 4 is 39.1 Å². The van der Waals surface area contributed by atoms with Crippen molar-refractivity contribution in [2.45, 2.75) is 37.6 Å². The smallest absolute Gasteiger partial charge is 0.253 e. The number of aliphatic hydroxyl groups excluding tert-OH is 1. The molecule has 0 aromatic heterocycles. The lowest BCUT2D eigenvalue weighted by Crippen LogP contribution is -2.49. The van der Waals surface area contributed by atoms with Crippen LogP contribution in [0.5, 0.6) is 5.75 Å². The Morgan fingerprint density at radius 2 is 1.42 bits per heavy atom. The van der Waals surface area contributed by atoms with Crippen LogP contribution in [0.2, 0.25) is 0 Å². The van der Waals surface area contributed by atoms with E-state index in [2.05, 4.69) is 16.0 Å². The van der Waals surface area contributed by atoms with E-state index in [1.165, 1.54) is 44.5 Å². The first-order chi connectivity index (χ1) is 25.0. The number of amides is 3. The number of carbonyl (C=O) groups excluding carboxylic acids is 3. The van der Waals surface area contributed by atoms with E-state index in [1.807, 2.05) is 18.2 Å². The number of benzene rings is 4. The number of carbonyl (C=O) groups is 3. The third-order valence-corrected chi connectivity index (χ3v) is 9.35. The SMILES string of the molecule is CO[C@H](C[C@H](O)[C@H](COc1cc(F)cc(F)c1)NC(=O)c1cc(C(=O)N[C@H](C)c2ccccc2)cc(N(C)S(C)(=O)=O)c1)C(=O)Nc1ccc(F)cc1. The number of rotatable bonds is 16. The predicted octanol–water partition coefficient (Wildman–Crippen LogP) is 4.57. The second-order valence-electron chi connectivity index (χ2n) is 12.1. The van der Waals surface area contributed by atoms with Gasteiger partial charge in [0.2, 0.25) is 10.0 Å². The van der Waals surface area contributed by atoms with Gasteiger partial charge in [0, 0.05) is 55.6 Å². The van der Waals surface area contributed by atoms with Crippen LogP contribution in [-0.4, -0.2) is 76.5 Å². The number of halogens is 3. The molecule has 0 unspecified atom stereocenters. The third-order valence-electron chi connectivity index (χ3n) is 8.14. The van der Waals surface area contributed by atoms with Crippen molar-refractivity contribution in [2.24, 2.45) is 0 Å². The standard InChI is InChI=1S/C37H39F3N4O8S/c1-22(23-8-6-5-7-9-23)41-35(46)24-14-25(16-30(15-24)44(2)53(4,49)50)36(47)43-32(21-52-31-18-27(39)17-28(40)19-31)33(45)20-34(51-3)37(48)42-29-12-10-26(38)11-13-29/h5-19,22,32-34,45H,20-21H2,1-4H3,(H,41,46)(H,42,48)(H,43,47)/t22-,32+,33+,34-/m1/s1. The van der Waals surface area contributed by atoms with Crippen LogP contribution in [0.4, 0.5) is 24.5 Å². The number of nitrogens with zero attached hydrogens (tertiary/aromatic N) is 1. The highest BCUT2D eigenvalue weighted by Gasteiger charge is 2.30. The van der Waals surface area contributed by atoms with Crippen molar-refractivity contribution in [2.75, 3.05) is 36.6 Å². The number of sulfonamides is 1. The largest absolute Gasteiger partial charge is 0.491 e. The normalized spacial score (nSPS) is 13.6. The van der Waals surface area contributed by atoms with Gasteiger partial charge >= 0.3 is 0 Å². The van der Waals surface area contributed by atoms with Crippen LogP contribution in [0.15, 0.2) is 91.0 Å². The highest BCUT2D eigenvalue weighted by molar-refractivity contribution is 7.92. The summed E-state index contributed by atoms with van der Waals surface area (Å²) in [5.74, 6) is -4.93. The molecule has 53 heavy (non-hydrogen) atoms. The van der Waals surface area contributed by atoms with Gasteiger partial charge in [0.25, 0.3) is 17.7 Å². The summed E-state index contributed by atoms with van der Waals surface area (Å²) in [6.45, 7) is 1.17. The van der Waals surface area contributed by atoms with E-state index in [9.17, 15) is 41.1 Å². The maximum Gasteiger partial charge on any atom is 0.253 e. The monoisotopic (exact) mass is 756 g/mol. The molecule has 3 amide bonds. The van der Waals surface area contributed by atoms with Crippen LogP contribution < -0.4 is 25.0 Å². The minimum atomic E-state index is -3.86. The van der Waals surface area contributed by atoms with Crippen LogP contribution in [-0.2, 0) is 19.6 Å². The molecule has 0 saturated carbocycles. The fourth-order valence-corrected chi connectivity index (χ4v) is 5.59. The highest BCUT2D eigenvalue weighted by atomic mass is 32.2. The number of aliphatic hydroxyl groups is 1. The Morgan fingerprint density at radius 3 is 1.98 bits per heavy atom. The molecule has 12 nitrogen and oxygen atoms in total. The minimum Gasteiger partial charge on any atom is -0.491 e. The van der Waals surface area contributed by atoms with E-state index in [1.54, 1.807) is 19.1 Å². The van der Waals surface area contributed by atoms with Gasteiger partial charge in [-0.2, -0.15) is 0 Å². The molecular weight excluding hydrogens is 717 g/mol. The molecule has 0 saturated heterocycles. The van der Waals surface area contributed by atoms with Crippen molar-refractivity contribution in [3.63, 3.8) is 0 Å². The van der Waals surface area contributed by atoms with E-state index in [4.69, 9.17) is 9.47 Å². The van der Waals surface area contributed by atoms with Crippen LogP contribution in [0.25, 0.3) is 0 Å². The first-order valence-corrected chi connectivity index (χ1v) is 18.0. The molecule has 4 rings (SSSR count). The van der Waals surface area contributed by atoms with Gasteiger partial charge in [0.05, 0.1) is 30.1 Å². The lowest BCUT2D eigenvalue weighted by molar-refractivity contribution is -0.127. The van der Waals surface area contributed by atoms with Crippen molar-refractivity contribution < 1.29 is 50.6 Å². The molecule has 0 bridgehead atoms. The van der Waals surface area contributed by atoms with Crippen LogP contribution >= 0.6 is 0 Å². The van der Waals surface area contributed by atoms with Gasteiger partial charge in [-0.3, -0.25) is 18.7 Å². The zero-order chi connectivity index (χ0) is 38.9. The number of hydrogen-bond donors (Lipinski definition) is 4. The summed E-state index contributed by atoms with van der Waals surface area (Å²) in [5.41, 5.74) is 0.747. The van der Waals surface area contributed by atoms with Crippen molar-refractivity contribution in [1.82, 2.24) is 10.6 Å². The lowest BCUT2D eigenvalue weighted by Gasteiger charge is -2.27. The molecule has 0 radical (unpaired) electrons. The molecule has 282 valence electrons. The topological polar surface area (TPSA) is 163 Å². The highest BCUT2D eigenvalue weighted by Crippen LogP contribution is 2.23. The summed E-state index contributed by atoms with van der Waals surface area (Å²) in [7, 11) is -1.42. The minimum absolute atomic E-state index is 0.0295. The van der Waals surface area contributed by atoms with Crippen molar-refractivity contribution in [3.05, 3.63) is 125 Å². The molecule has 0 aliphatic carbocycles. The van der Waals surface area contributed by atoms with Gasteiger partial charge in [-0.15, -0.1) is 0 Å². The van der Waals surface area contributed by atoms with Gasteiger partial charge in [-0.1, -0.05) is 30.3 Å². The Bertz CT molecular complexity index is 2000. The maximum atomic E-state index is 13.9. The zero-order valence-electron chi connectivity index (χ0n) is 29.2. The fraction of sp³-hybridized carbons (Fsp3) is 0.270. The van der Waals surface area contributed by atoms with E-state index >= 15 is 0 Å². The number of anilines is 2. The van der Waals surface area contributed by atoms with Crippen molar-refractivity contribution in [1.29, 1.82) is 0 Å². The first-order valence-electron chi connectivity index (χ1n) is 16.2. The zero-order valence-corrected chi connectivity index (χ0v) is 30.0. The average molecular weight is 757 g/mol. The Balaban J connectivity index is 1.63.